The maximum atomic E-state index is 12.0. The first-order chi connectivity index (χ1) is 7.80. The van der Waals surface area contributed by atoms with Crippen molar-refractivity contribution < 1.29 is 9.53 Å². The predicted octanol–water partition coefficient (Wildman–Crippen LogP) is 3.26. The number of carbonyl (C=O) groups is 1. The summed E-state index contributed by atoms with van der Waals surface area (Å²) in [4.78, 5) is 16.2. The molecule has 0 N–H and O–H groups in total. The lowest BCUT2D eigenvalue weighted by molar-refractivity contribution is 0.0532. The summed E-state index contributed by atoms with van der Waals surface area (Å²) < 4.78 is 6.70. The molecule has 0 bridgehead atoms. The minimum Gasteiger partial charge on any atom is -0.443 e. The van der Waals surface area contributed by atoms with Crippen LogP contribution in [0.25, 0.3) is 12.2 Å². The van der Waals surface area contributed by atoms with Crippen molar-refractivity contribution >= 4 is 18.2 Å². The fraction of sp³-hybridized carbons (Fsp3) is 0.385. The summed E-state index contributed by atoms with van der Waals surface area (Å²) >= 11 is 0. The van der Waals surface area contributed by atoms with Crippen LogP contribution in [0.5, 0.6) is 0 Å². The fourth-order valence-corrected chi connectivity index (χ4v) is 1.45. The van der Waals surface area contributed by atoms with E-state index < -0.39 is 11.7 Å². The zero-order chi connectivity index (χ0) is 13.2. The van der Waals surface area contributed by atoms with Gasteiger partial charge in [0.05, 0.1) is 11.4 Å². The van der Waals surface area contributed by atoms with Gasteiger partial charge in [-0.1, -0.05) is 13.2 Å². The minimum absolute atomic E-state index is 0.453. The van der Waals surface area contributed by atoms with Gasteiger partial charge >= 0.3 is 6.09 Å². The molecule has 0 saturated carbocycles. The maximum Gasteiger partial charge on any atom is 0.420 e. The van der Waals surface area contributed by atoms with Crippen molar-refractivity contribution in [3.05, 3.63) is 30.4 Å². The molecular weight excluding hydrogens is 216 g/mol. The monoisotopic (exact) mass is 234 g/mol. The standard InChI is InChI=1S/C13H18N2O2/c1-7-10-11(8-2)15(9(3)14-10)12(16)17-13(4,5)6/h7-8H,1-2H2,3-6H3. The molecule has 0 fully saturated rings. The van der Waals surface area contributed by atoms with Gasteiger partial charge in [-0.15, -0.1) is 0 Å². The number of hydrogen-bond acceptors (Lipinski definition) is 3. The molecule has 0 unspecified atom stereocenters. The molecule has 1 aromatic rings. The molecule has 0 spiro atoms. The molecule has 0 aliphatic rings. The molecular formula is C13H18N2O2. The van der Waals surface area contributed by atoms with Gasteiger partial charge in [-0.2, -0.15) is 0 Å². The molecule has 1 aromatic heterocycles. The number of rotatable bonds is 2. The van der Waals surface area contributed by atoms with Gasteiger partial charge in [-0.25, -0.2) is 14.3 Å². The van der Waals surface area contributed by atoms with Crippen molar-refractivity contribution in [2.24, 2.45) is 0 Å². The Morgan fingerprint density at radius 1 is 1.35 bits per heavy atom. The highest BCUT2D eigenvalue weighted by atomic mass is 16.6. The lowest BCUT2D eigenvalue weighted by Crippen LogP contribution is -2.28. The summed E-state index contributed by atoms with van der Waals surface area (Å²) in [7, 11) is 0. The van der Waals surface area contributed by atoms with Crippen molar-refractivity contribution in [2.75, 3.05) is 0 Å². The van der Waals surface area contributed by atoms with Crippen molar-refractivity contribution in [1.29, 1.82) is 0 Å². The van der Waals surface area contributed by atoms with Crippen LogP contribution < -0.4 is 0 Å². The third-order valence-electron chi connectivity index (χ3n) is 2.07. The van der Waals surface area contributed by atoms with Crippen molar-refractivity contribution in [1.82, 2.24) is 9.55 Å². The average molecular weight is 234 g/mol. The molecule has 0 aliphatic heterocycles. The van der Waals surface area contributed by atoms with E-state index in [4.69, 9.17) is 4.74 Å². The molecule has 0 saturated heterocycles. The van der Waals surface area contributed by atoms with Crippen molar-refractivity contribution in [3.8, 4) is 0 Å². The summed E-state index contributed by atoms with van der Waals surface area (Å²) in [5, 5.41) is 0. The van der Waals surface area contributed by atoms with E-state index in [-0.39, 0.29) is 0 Å². The molecule has 1 rings (SSSR count). The van der Waals surface area contributed by atoms with Gasteiger partial charge in [0, 0.05) is 0 Å². The molecule has 0 aromatic carbocycles. The normalized spacial score (nSPS) is 11.1. The van der Waals surface area contributed by atoms with Crippen LogP contribution in [-0.4, -0.2) is 21.2 Å². The fourth-order valence-electron chi connectivity index (χ4n) is 1.45. The van der Waals surface area contributed by atoms with E-state index in [2.05, 4.69) is 18.1 Å². The van der Waals surface area contributed by atoms with E-state index >= 15 is 0 Å². The Bertz CT molecular complexity index is 464. The molecule has 0 radical (unpaired) electrons. The maximum absolute atomic E-state index is 12.0. The average Bonchev–Trinajstić information content (AvgIpc) is 2.51. The Hall–Kier alpha value is -1.84. The minimum atomic E-state index is -0.541. The number of aryl methyl sites for hydroxylation is 1. The van der Waals surface area contributed by atoms with Crippen LogP contribution in [0.15, 0.2) is 13.2 Å². The summed E-state index contributed by atoms with van der Waals surface area (Å²) in [6, 6.07) is 0. The van der Waals surface area contributed by atoms with Crippen LogP contribution in [0.2, 0.25) is 0 Å². The lowest BCUT2D eigenvalue weighted by Gasteiger charge is -2.20. The number of nitrogens with zero attached hydrogens (tertiary/aromatic N) is 2. The molecule has 92 valence electrons. The van der Waals surface area contributed by atoms with Gasteiger partial charge in [0.1, 0.15) is 11.4 Å². The second kappa shape index (κ2) is 4.57. The van der Waals surface area contributed by atoms with Gasteiger partial charge < -0.3 is 4.74 Å². The van der Waals surface area contributed by atoms with Crippen molar-refractivity contribution in [3.63, 3.8) is 0 Å². The van der Waals surface area contributed by atoms with E-state index in [1.54, 1.807) is 19.1 Å². The van der Waals surface area contributed by atoms with E-state index in [0.717, 1.165) is 0 Å². The van der Waals surface area contributed by atoms with Crippen molar-refractivity contribution in [2.45, 2.75) is 33.3 Å². The number of aromatic nitrogens is 2. The second-order valence-corrected chi connectivity index (χ2v) is 4.65. The summed E-state index contributed by atoms with van der Waals surface area (Å²) in [5.41, 5.74) is 0.690. The molecule has 0 aliphatic carbocycles. The highest BCUT2D eigenvalue weighted by molar-refractivity contribution is 5.77. The molecule has 17 heavy (non-hydrogen) atoms. The SMILES string of the molecule is C=Cc1nc(C)n(C(=O)OC(C)(C)C)c1C=C. The van der Waals surface area contributed by atoms with Crippen LogP contribution in [0.3, 0.4) is 0 Å². The molecule has 1 heterocycles. The van der Waals surface area contributed by atoms with Gasteiger partial charge in [0.15, 0.2) is 0 Å². The van der Waals surface area contributed by atoms with Gasteiger partial charge in [-0.3, -0.25) is 0 Å². The van der Waals surface area contributed by atoms with Crippen LogP contribution in [0.1, 0.15) is 38.0 Å². The summed E-state index contributed by atoms with van der Waals surface area (Å²) in [6.45, 7) is 14.5. The Balaban J connectivity index is 3.22. The third-order valence-corrected chi connectivity index (χ3v) is 2.07. The van der Waals surface area contributed by atoms with Crippen LogP contribution in [0.4, 0.5) is 4.79 Å². The molecule has 0 amide bonds. The van der Waals surface area contributed by atoms with Crippen LogP contribution >= 0.6 is 0 Å². The number of hydrogen-bond donors (Lipinski definition) is 0. The Labute approximate surface area is 102 Å². The quantitative estimate of drug-likeness (QED) is 0.788. The number of carbonyl (C=O) groups excluding carboxylic acids is 1. The molecule has 0 atom stereocenters. The lowest BCUT2D eigenvalue weighted by atomic mass is 10.2. The van der Waals surface area contributed by atoms with E-state index in [1.807, 2.05) is 20.8 Å². The predicted molar refractivity (Wildman–Crippen MR) is 68.8 cm³/mol. The van der Waals surface area contributed by atoms with E-state index in [9.17, 15) is 4.79 Å². The topological polar surface area (TPSA) is 44.1 Å². The number of imidazole rings is 1. The van der Waals surface area contributed by atoms with Gasteiger partial charge in [0.25, 0.3) is 0 Å². The Kier molecular flexibility index (Phi) is 3.56. The van der Waals surface area contributed by atoms with Crippen LogP contribution in [-0.2, 0) is 4.74 Å². The largest absolute Gasteiger partial charge is 0.443 e. The third kappa shape index (κ3) is 2.84. The first-order valence-electron chi connectivity index (χ1n) is 5.37. The Morgan fingerprint density at radius 3 is 2.35 bits per heavy atom. The Morgan fingerprint density at radius 2 is 1.94 bits per heavy atom. The van der Waals surface area contributed by atoms with Gasteiger partial charge in [0.2, 0.25) is 0 Å². The van der Waals surface area contributed by atoms with Crippen LogP contribution in [0, 0.1) is 6.92 Å². The zero-order valence-corrected chi connectivity index (χ0v) is 10.8. The summed E-state index contributed by atoms with van der Waals surface area (Å²) in [5.74, 6) is 0.559. The number of ether oxygens (including phenoxy) is 1. The van der Waals surface area contributed by atoms with Gasteiger partial charge in [-0.05, 0) is 39.8 Å². The summed E-state index contributed by atoms with van der Waals surface area (Å²) in [6.07, 6.45) is 2.71. The van der Waals surface area contributed by atoms with E-state index in [1.165, 1.54) is 4.57 Å². The highest BCUT2D eigenvalue weighted by Gasteiger charge is 2.22. The first kappa shape index (κ1) is 13.2. The smallest absolute Gasteiger partial charge is 0.420 e. The molecule has 4 heteroatoms. The zero-order valence-electron chi connectivity index (χ0n) is 10.8. The van der Waals surface area contributed by atoms with E-state index in [0.29, 0.717) is 17.2 Å². The molecule has 4 nitrogen and oxygen atoms in total. The second-order valence-electron chi connectivity index (χ2n) is 4.65. The highest BCUT2D eigenvalue weighted by Crippen LogP contribution is 2.17. The first-order valence-corrected chi connectivity index (χ1v) is 5.37.